The maximum absolute atomic E-state index is 5.82. The summed E-state index contributed by atoms with van der Waals surface area (Å²) in [5.41, 5.74) is 0. The van der Waals surface area contributed by atoms with Gasteiger partial charge in [0.1, 0.15) is 0 Å². The van der Waals surface area contributed by atoms with Gasteiger partial charge in [0.2, 0.25) is 0 Å². The van der Waals surface area contributed by atoms with Gasteiger partial charge in [-0.1, -0.05) is 19.8 Å². The Morgan fingerprint density at radius 1 is 1.25 bits per heavy atom. The van der Waals surface area contributed by atoms with Crippen LogP contribution in [-0.2, 0) is 4.74 Å². The van der Waals surface area contributed by atoms with Gasteiger partial charge in [0.05, 0.1) is 6.10 Å². The summed E-state index contributed by atoms with van der Waals surface area (Å²) in [6.45, 7) is 9.35. The van der Waals surface area contributed by atoms with Crippen molar-refractivity contribution in [1.29, 1.82) is 0 Å². The fourth-order valence-electron chi connectivity index (χ4n) is 3.67. The summed E-state index contributed by atoms with van der Waals surface area (Å²) < 4.78 is 5.82. The first kappa shape index (κ1) is 16.3. The Kier molecular flexibility index (Phi) is 7.32. The molecular weight excluding hydrogens is 248 g/mol. The first-order valence-electron chi connectivity index (χ1n) is 8.88. The highest BCUT2D eigenvalue weighted by Gasteiger charge is 2.21. The molecule has 2 heterocycles. The van der Waals surface area contributed by atoms with Gasteiger partial charge in [-0.15, -0.1) is 0 Å². The molecule has 1 N–H and O–H groups in total. The van der Waals surface area contributed by atoms with Crippen molar-refractivity contribution in [3.63, 3.8) is 0 Å². The quantitative estimate of drug-likeness (QED) is 0.726. The molecule has 2 aliphatic rings. The van der Waals surface area contributed by atoms with Crippen LogP contribution in [0.4, 0.5) is 0 Å². The van der Waals surface area contributed by atoms with Crippen molar-refractivity contribution in [3.05, 3.63) is 0 Å². The van der Waals surface area contributed by atoms with Gasteiger partial charge in [-0.25, -0.2) is 0 Å². The molecule has 3 unspecified atom stereocenters. The van der Waals surface area contributed by atoms with Gasteiger partial charge in [-0.2, -0.15) is 0 Å². The van der Waals surface area contributed by atoms with E-state index in [2.05, 4.69) is 24.1 Å². The van der Waals surface area contributed by atoms with Crippen LogP contribution in [0.25, 0.3) is 0 Å². The van der Waals surface area contributed by atoms with E-state index >= 15 is 0 Å². The lowest BCUT2D eigenvalue weighted by molar-refractivity contribution is -0.00324. The number of nitrogens with zero attached hydrogens (tertiary/aromatic N) is 1. The normalized spacial score (nSPS) is 32.4. The van der Waals surface area contributed by atoms with Crippen molar-refractivity contribution in [2.75, 3.05) is 26.2 Å². The van der Waals surface area contributed by atoms with E-state index in [-0.39, 0.29) is 0 Å². The minimum Gasteiger partial charge on any atom is -0.378 e. The number of likely N-dealkylation sites (tertiary alicyclic amines) is 1. The Morgan fingerprint density at radius 3 is 2.95 bits per heavy atom. The lowest BCUT2D eigenvalue weighted by atomic mass is 10.00. The van der Waals surface area contributed by atoms with Crippen LogP contribution in [0.5, 0.6) is 0 Å². The smallest absolute Gasteiger partial charge is 0.0589 e. The topological polar surface area (TPSA) is 24.5 Å². The molecule has 0 bridgehead atoms. The largest absolute Gasteiger partial charge is 0.378 e. The number of hydrogen-bond acceptors (Lipinski definition) is 3. The maximum Gasteiger partial charge on any atom is 0.0589 e. The Labute approximate surface area is 125 Å². The van der Waals surface area contributed by atoms with Crippen LogP contribution >= 0.6 is 0 Å². The predicted octanol–water partition coefficient (Wildman–Crippen LogP) is 3.19. The zero-order chi connectivity index (χ0) is 14.2. The van der Waals surface area contributed by atoms with Crippen LogP contribution in [0.1, 0.15) is 65.2 Å². The minimum atomic E-state index is 0.508. The van der Waals surface area contributed by atoms with Crippen LogP contribution < -0.4 is 5.32 Å². The first-order valence-corrected chi connectivity index (χ1v) is 8.88. The Balaban J connectivity index is 1.56. The molecule has 0 aliphatic carbocycles. The SMILES string of the molecule is CCCC1CC(NCCCN2CCCCC2C)CCO1. The third-order valence-corrected chi connectivity index (χ3v) is 4.97. The van der Waals surface area contributed by atoms with E-state index < -0.39 is 0 Å². The Morgan fingerprint density at radius 2 is 2.15 bits per heavy atom. The van der Waals surface area contributed by atoms with E-state index in [1.165, 1.54) is 71.0 Å². The van der Waals surface area contributed by atoms with Gasteiger partial charge >= 0.3 is 0 Å². The average molecular weight is 282 g/mol. The van der Waals surface area contributed by atoms with E-state index in [4.69, 9.17) is 4.74 Å². The second-order valence-electron chi connectivity index (χ2n) is 6.69. The summed E-state index contributed by atoms with van der Waals surface area (Å²) in [4.78, 5) is 2.68. The van der Waals surface area contributed by atoms with E-state index in [0.29, 0.717) is 12.1 Å². The van der Waals surface area contributed by atoms with Gasteiger partial charge in [0.25, 0.3) is 0 Å². The molecule has 0 saturated carbocycles. The molecule has 0 spiro atoms. The molecular formula is C17H34N2O. The number of hydrogen-bond donors (Lipinski definition) is 1. The fraction of sp³-hybridized carbons (Fsp3) is 1.00. The molecule has 0 aromatic carbocycles. The van der Waals surface area contributed by atoms with Crippen molar-refractivity contribution in [3.8, 4) is 0 Å². The third kappa shape index (κ3) is 5.34. The molecule has 118 valence electrons. The molecule has 20 heavy (non-hydrogen) atoms. The molecule has 3 heteroatoms. The molecule has 3 atom stereocenters. The van der Waals surface area contributed by atoms with Gasteiger partial charge in [0, 0.05) is 18.7 Å². The summed E-state index contributed by atoms with van der Waals surface area (Å²) in [7, 11) is 0. The molecule has 2 rings (SSSR count). The monoisotopic (exact) mass is 282 g/mol. The van der Waals surface area contributed by atoms with Crippen LogP contribution in [0.15, 0.2) is 0 Å². The highest BCUT2D eigenvalue weighted by Crippen LogP contribution is 2.18. The summed E-state index contributed by atoms with van der Waals surface area (Å²) in [6, 6.07) is 1.50. The van der Waals surface area contributed by atoms with Gasteiger partial charge in [-0.05, 0) is 65.1 Å². The number of piperidine rings is 1. The Bertz CT molecular complexity index is 257. The molecule has 2 saturated heterocycles. The van der Waals surface area contributed by atoms with Crippen molar-refractivity contribution in [2.24, 2.45) is 0 Å². The summed E-state index contributed by atoms with van der Waals surface area (Å²) in [6.07, 6.45) is 10.9. The van der Waals surface area contributed by atoms with Crippen molar-refractivity contribution < 1.29 is 4.74 Å². The number of nitrogens with one attached hydrogen (secondary N) is 1. The van der Waals surface area contributed by atoms with Gasteiger partial charge in [-0.3, -0.25) is 0 Å². The first-order chi connectivity index (χ1) is 9.79. The highest BCUT2D eigenvalue weighted by atomic mass is 16.5. The highest BCUT2D eigenvalue weighted by molar-refractivity contribution is 4.77. The summed E-state index contributed by atoms with van der Waals surface area (Å²) in [5, 5.41) is 3.76. The van der Waals surface area contributed by atoms with Crippen LogP contribution in [0.3, 0.4) is 0 Å². The van der Waals surface area contributed by atoms with E-state index in [0.717, 1.165) is 12.6 Å². The van der Waals surface area contributed by atoms with Crippen molar-refractivity contribution in [2.45, 2.75) is 83.4 Å². The van der Waals surface area contributed by atoms with Crippen LogP contribution in [-0.4, -0.2) is 49.3 Å². The van der Waals surface area contributed by atoms with Crippen LogP contribution in [0, 0.1) is 0 Å². The Hall–Kier alpha value is -0.120. The zero-order valence-corrected chi connectivity index (χ0v) is 13.6. The molecule has 2 aliphatic heterocycles. The van der Waals surface area contributed by atoms with E-state index in [9.17, 15) is 0 Å². The van der Waals surface area contributed by atoms with Crippen molar-refractivity contribution >= 4 is 0 Å². The average Bonchev–Trinajstić information content (AvgIpc) is 2.46. The molecule has 0 aromatic rings. The second-order valence-corrected chi connectivity index (χ2v) is 6.69. The molecule has 0 amide bonds. The fourth-order valence-corrected chi connectivity index (χ4v) is 3.67. The summed E-state index contributed by atoms with van der Waals surface area (Å²) >= 11 is 0. The van der Waals surface area contributed by atoms with Crippen molar-refractivity contribution in [1.82, 2.24) is 10.2 Å². The second kappa shape index (κ2) is 9.01. The zero-order valence-electron chi connectivity index (χ0n) is 13.6. The van der Waals surface area contributed by atoms with E-state index in [1.807, 2.05) is 0 Å². The molecule has 0 radical (unpaired) electrons. The van der Waals surface area contributed by atoms with Gasteiger partial charge in [0.15, 0.2) is 0 Å². The molecule has 2 fully saturated rings. The molecule has 3 nitrogen and oxygen atoms in total. The number of ether oxygens (including phenoxy) is 1. The molecule has 0 aromatic heterocycles. The number of rotatable bonds is 7. The predicted molar refractivity (Wildman–Crippen MR) is 85.2 cm³/mol. The van der Waals surface area contributed by atoms with E-state index in [1.54, 1.807) is 0 Å². The summed E-state index contributed by atoms with van der Waals surface area (Å²) in [5.74, 6) is 0. The lowest BCUT2D eigenvalue weighted by Crippen LogP contribution is -2.41. The lowest BCUT2D eigenvalue weighted by Gasteiger charge is -2.34. The standard InChI is InChI=1S/C17H34N2O/c1-3-7-17-14-16(9-13-20-17)18-10-6-12-19-11-5-4-8-15(19)2/h15-18H,3-14H2,1-2H3. The third-order valence-electron chi connectivity index (χ3n) is 4.97. The minimum absolute atomic E-state index is 0.508. The maximum atomic E-state index is 5.82. The van der Waals surface area contributed by atoms with Crippen LogP contribution in [0.2, 0.25) is 0 Å². The van der Waals surface area contributed by atoms with Gasteiger partial charge < -0.3 is 15.0 Å².